The third-order valence-corrected chi connectivity index (χ3v) is 2.23. The molecule has 0 spiro atoms. The van der Waals surface area contributed by atoms with E-state index in [0.29, 0.717) is 6.07 Å². The molecule has 100 valence electrons. The van der Waals surface area contributed by atoms with Crippen LogP contribution in [-0.4, -0.2) is 10.2 Å². The lowest BCUT2D eigenvalue weighted by Crippen LogP contribution is -2.17. The number of nitrogens with zero attached hydrogens (tertiary/aromatic N) is 1. The van der Waals surface area contributed by atoms with E-state index in [1.165, 1.54) is 0 Å². The Hall–Kier alpha value is -1.28. The van der Waals surface area contributed by atoms with Gasteiger partial charge < -0.3 is 5.73 Å². The van der Waals surface area contributed by atoms with E-state index in [1.54, 1.807) is 0 Å². The van der Waals surface area contributed by atoms with E-state index in [4.69, 9.17) is 17.3 Å². The molecule has 0 aliphatic carbocycles. The summed E-state index contributed by atoms with van der Waals surface area (Å²) in [5.41, 5.74) is 0.871. The highest BCUT2D eigenvalue weighted by atomic mass is 35.5. The van der Waals surface area contributed by atoms with E-state index in [9.17, 15) is 26.7 Å². The molecule has 9 heteroatoms. The lowest BCUT2D eigenvalue weighted by atomic mass is 10.1. The van der Waals surface area contributed by atoms with Gasteiger partial charge in [0.15, 0.2) is 0 Å². The van der Waals surface area contributed by atoms with Crippen molar-refractivity contribution in [2.75, 3.05) is 0 Å². The molecule has 1 aromatic rings. The SMILES string of the molecule is NCc1cc(C(F)(F)F)c(C(=O)Cl)nc1C(F)F. The van der Waals surface area contributed by atoms with Crippen LogP contribution in [-0.2, 0) is 12.7 Å². The lowest BCUT2D eigenvalue weighted by molar-refractivity contribution is -0.138. The highest BCUT2D eigenvalue weighted by Crippen LogP contribution is 2.34. The summed E-state index contributed by atoms with van der Waals surface area (Å²) in [4.78, 5) is 13.8. The van der Waals surface area contributed by atoms with Crippen LogP contribution in [0, 0.1) is 0 Å². The predicted molar refractivity (Wildman–Crippen MR) is 52.3 cm³/mol. The van der Waals surface area contributed by atoms with Gasteiger partial charge in [-0.05, 0) is 23.2 Å². The number of pyridine rings is 1. The van der Waals surface area contributed by atoms with Crippen LogP contribution in [0.4, 0.5) is 22.0 Å². The molecule has 1 heterocycles. The van der Waals surface area contributed by atoms with Crippen LogP contribution in [0.1, 0.15) is 33.7 Å². The number of alkyl halides is 5. The first-order valence-electron chi connectivity index (χ1n) is 4.47. The first kappa shape index (κ1) is 14.8. The Bertz CT molecular complexity index is 475. The first-order valence-corrected chi connectivity index (χ1v) is 4.85. The molecule has 0 amide bonds. The minimum atomic E-state index is -4.93. The predicted octanol–water partition coefficient (Wildman–Crippen LogP) is 2.88. The second kappa shape index (κ2) is 5.15. The number of aromatic nitrogens is 1. The molecule has 0 aromatic carbocycles. The van der Waals surface area contributed by atoms with Gasteiger partial charge in [-0.3, -0.25) is 4.79 Å². The minimum absolute atomic E-state index is 0.365. The second-order valence-corrected chi connectivity index (χ2v) is 3.55. The molecule has 3 nitrogen and oxygen atoms in total. The molecule has 0 aliphatic rings. The molecule has 0 saturated heterocycles. The van der Waals surface area contributed by atoms with Gasteiger partial charge in [-0.15, -0.1) is 0 Å². The van der Waals surface area contributed by atoms with Crippen molar-refractivity contribution in [2.24, 2.45) is 5.73 Å². The number of hydrogen-bond acceptors (Lipinski definition) is 3. The second-order valence-electron chi connectivity index (χ2n) is 3.21. The number of halogens is 6. The van der Waals surface area contributed by atoms with Crippen molar-refractivity contribution in [3.05, 3.63) is 28.6 Å². The Morgan fingerprint density at radius 2 is 2.00 bits per heavy atom. The summed E-state index contributed by atoms with van der Waals surface area (Å²) in [5.74, 6) is 0. The van der Waals surface area contributed by atoms with Crippen molar-refractivity contribution in [2.45, 2.75) is 19.1 Å². The van der Waals surface area contributed by atoms with Gasteiger partial charge in [0.1, 0.15) is 11.4 Å². The summed E-state index contributed by atoms with van der Waals surface area (Å²) >= 11 is 4.91. The molecule has 0 bridgehead atoms. The van der Waals surface area contributed by atoms with E-state index < -0.39 is 46.9 Å². The van der Waals surface area contributed by atoms with Crippen molar-refractivity contribution in [1.82, 2.24) is 4.98 Å². The molecule has 2 N–H and O–H groups in total. The molecule has 1 rings (SSSR count). The zero-order valence-electron chi connectivity index (χ0n) is 8.56. The molecule has 0 fully saturated rings. The molecule has 18 heavy (non-hydrogen) atoms. The van der Waals surface area contributed by atoms with Crippen molar-refractivity contribution < 1.29 is 26.7 Å². The Balaban J connectivity index is 3.58. The Morgan fingerprint density at radius 3 is 2.33 bits per heavy atom. The maximum Gasteiger partial charge on any atom is 0.418 e. The van der Waals surface area contributed by atoms with E-state index in [0.717, 1.165) is 0 Å². The van der Waals surface area contributed by atoms with Gasteiger partial charge in [-0.25, -0.2) is 13.8 Å². The van der Waals surface area contributed by atoms with Gasteiger partial charge >= 0.3 is 6.18 Å². The molecule has 0 aliphatic heterocycles. The summed E-state index contributed by atoms with van der Waals surface area (Å²) in [5, 5.41) is -1.56. The third kappa shape index (κ3) is 2.94. The van der Waals surface area contributed by atoms with Crippen molar-refractivity contribution in [3.63, 3.8) is 0 Å². The molecule has 0 radical (unpaired) electrons. The fourth-order valence-corrected chi connectivity index (χ4v) is 1.43. The number of nitrogens with two attached hydrogens (primary N) is 1. The lowest BCUT2D eigenvalue weighted by Gasteiger charge is -2.14. The number of hydrogen-bond donors (Lipinski definition) is 1. The molecular formula is C9H6ClF5N2O. The monoisotopic (exact) mass is 288 g/mol. The van der Waals surface area contributed by atoms with E-state index >= 15 is 0 Å². The van der Waals surface area contributed by atoms with Crippen LogP contribution < -0.4 is 5.73 Å². The molecule has 0 unspecified atom stereocenters. The van der Waals surface area contributed by atoms with Gasteiger partial charge in [-0.2, -0.15) is 13.2 Å². The Morgan fingerprint density at radius 1 is 1.44 bits per heavy atom. The fourth-order valence-electron chi connectivity index (χ4n) is 1.29. The van der Waals surface area contributed by atoms with E-state index in [-0.39, 0.29) is 0 Å². The minimum Gasteiger partial charge on any atom is -0.326 e. The van der Waals surface area contributed by atoms with Crippen LogP contribution in [0.25, 0.3) is 0 Å². The van der Waals surface area contributed by atoms with Crippen molar-refractivity contribution >= 4 is 16.8 Å². The molecular weight excluding hydrogens is 283 g/mol. The van der Waals surface area contributed by atoms with E-state index in [2.05, 4.69) is 4.98 Å². The highest BCUT2D eigenvalue weighted by molar-refractivity contribution is 6.67. The van der Waals surface area contributed by atoms with Crippen LogP contribution in [0.3, 0.4) is 0 Å². The fraction of sp³-hybridized carbons (Fsp3) is 0.333. The Labute approximate surface area is 103 Å². The zero-order valence-corrected chi connectivity index (χ0v) is 9.32. The third-order valence-electron chi connectivity index (χ3n) is 2.05. The molecule has 0 saturated carbocycles. The van der Waals surface area contributed by atoms with E-state index in [1.807, 2.05) is 0 Å². The maximum absolute atomic E-state index is 12.6. The number of rotatable bonds is 3. The summed E-state index contributed by atoms with van der Waals surface area (Å²) in [6, 6.07) is 0.365. The average Bonchev–Trinajstić information content (AvgIpc) is 2.25. The van der Waals surface area contributed by atoms with Gasteiger partial charge in [0, 0.05) is 6.54 Å². The number of carbonyl (C=O) groups is 1. The van der Waals surface area contributed by atoms with Gasteiger partial charge in [-0.1, -0.05) is 0 Å². The zero-order chi connectivity index (χ0) is 14.1. The summed E-state index contributed by atoms with van der Waals surface area (Å²) in [7, 11) is 0. The summed E-state index contributed by atoms with van der Waals surface area (Å²) in [6.07, 6.45) is -8.09. The summed E-state index contributed by atoms with van der Waals surface area (Å²) < 4.78 is 62.8. The average molecular weight is 289 g/mol. The molecule has 0 atom stereocenters. The largest absolute Gasteiger partial charge is 0.418 e. The normalized spacial score (nSPS) is 12.0. The first-order chi connectivity index (χ1) is 8.18. The smallest absolute Gasteiger partial charge is 0.326 e. The van der Waals surface area contributed by atoms with Gasteiger partial charge in [0.2, 0.25) is 0 Å². The van der Waals surface area contributed by atoms with Gasteiger partial charge in [0.05, 0.1) is 5.56 Å². The van der Waals surface area contributed by atoms with Crippen LogP contribution >= 0.6 is 11.6 Å². The van der Waals surface area contributed by atoms with Crippen molar-refractivity contribution in [1.29, 1.82) is 0 Å². The Kier molecular flexibility index (Phi) is 4.23. The quantitative estimate of drug-likeness (QED) is 0.687. The van der Waals surface area contributed by atoms with Crippen LogP contribution in [0.15, 0.2) is 6.07 Å². The van der Waals surface area contributed by atoms with Gasteiger partial charge in [0.25, 0.3) is 11.7 Å². The van der Waals surface area contributed by atoms with Crippen molar-refractivity contribution in [3.8, 4) is 0 Å². The standard InChI is InChI=1S/C9H6ClF5N2O/c10-7(18)6-4(9(13,14)15)1-3(2-16)5(17-6)8(11)12/h1,8H,2,16H2. The topological polar surface area (TPSA) is 56.0 Å². The maximum atomic E-state index is 12.6. The molecule has 1 aromatic heterocycles. The van der Waals surface area contributed by atoms with Crippen LogP contribution in [0.2, 0.25) is 0 Å². The number of carbonyl (C=O) groups excluding carboxylic acids is 1. The summed E-state index contributed by atoms with van der Waals surface area (Å²) in [6.45, 7) is -0.563. The highest BCUT2D eigenvalue weighted by Gasteiger charge is 2.37. The van der Waals surface area contributed by atoms with Crippen LogP contribution in [0.5, 0.6) is 0 Å².